The monoisotopic (exact) mass is 504 g/mol. The Morgan fingerprint density at radius 2 is 1.00 bits per heavy atom. The Labute approximate surface area is 210 Å². The first kappa shape index (κ1) is 26.3. The van der Waals surface area contributed by atoms with Crippen LogP contribution in [0.2, 0.25) is 10.0 Å². The van der Waals surface area contributed by atoms with Crippen LogP contribution < -0.4 is 20.1 Å². The molecule has 0 saturated heterocycles. The van der Waals surface area contributed by atoms with Gasteiger partial charge in [0.2, 0.25) is 0 Å². The smallest absolute Gasteiger partial charge is 0.119 e. The molecule has 0 aromatic heterocycles. The Kier molecular flexibility index (Phi) is 11.0. The summed E-state index contributed by atoms with van der Waals surface area (Å²) in [4.78, 5) is 0. The Morgan fingerprint density at radius 3 is 1.38 bits per heavy atom. The van der Waals surface area contributed by atoms with Crippen LogP contribution in [0.5, 0.6) is 11.5 Å². The van der Waals surface area contributed by atoms with Crippen molar-refractivity contribution in [2.45, 2.75) is 25.3 Å². The lowest BCUT2D eigenvalue weighted by molar-refractivity contribution is 0.104. The van der Waals surface area contributed by atoms with Crippen LogP contribution in [0.4, 0.5) is 0 Å². The molecule has 2 unspecified atom stereocenters. The minimum absolute atomic E-state index is 0.158. The van der Waals surface area contributed by atoms with Gasteiger partial charge in [-0.25, -0.2) is 0 Å². The van der Waals surface area contributed by atoms with Crippen molar-refractivity contribution in [3.8, 4) is 11.5 Å². The van der Waals surface area contributed by atoms with E-state index in [0.29, 0.717) is 47.7 Å². The Bertz CT molecular complexity index is 924. The van der Waals surface area contributed by atoms with Gasteiger partial charge in [0.05, 0.1) is 0 Å². The number of halogens is 2. The van der Waals surface area contributed by atoms with Gasteiger partial charge in [0.25, 0.3) is 0 Å². The predicted molar refractivity (Wildman–Crippen MR) is 136 cm³/mol. The van der Waals surface area contributed by atoms with Gasteiger partial charge in [0.1, 0.15) is 36.9 Å². The molecule has 0 radical (unpaired) electrons. The van der Waals surface area contributed by atoms with Crippen LogP contribution in [0.3, 0.4) is 0 Å². The topological polar surface area (TPSA) is 83.0 Å². The number of hydrogen-bond donors (Lipinski definition) is 4. The van der Waals surface area contributed by atoms with E-state index in [1.165, 1.54) is 0 Å². The first-order valence-electron chi connectivity index (χ1n) is 11.1. The molecule has 3 aromatic rings. The lowest BCUT2D eigenvalue weighted by Crippen LogP contribution is -2.31. The van der Waals surface area contributed by atoms with Crippen molar-refractivity contribution >= 4 is 23.2 Å². The highest BCUT2D eigenvalue weighted by atomic mass is 35.5. The largest absolute Gasteiger partial charge is 0.491 e. The van der Waals surface area contributed by atoms with E-state index < -0.39 is 12.2 Å². The van der Waals surface area contributed by atoms with E-state index in [2.05, 4.69) is 10.6 Å². The highest BCUT2D eigenvalue weighted by molar-refractivity contribution is 6.31. The Morgan fingerprint density at radius 1 is 0.618 bits per heavy atom. The van der Waals surface area contributed by atoms with Crippen molar-refractivity contribution in [1.82, 2.24) is 10.6 Å². The van der Waals surface area contributed by atoms with Gasteiger partial charge in [0, 0.05) is 36.2 Å². The van der Waals surface area contributed by atoms with Crippen molar-refractivity contribution in [1.29, 1.82) is 0 Å². The summed E-state index contributed by atoms with van der Waals surface area (Å²) in [7, 11) is 0. The molecule has 0 spiro atoms. The molecule has 0 aliphatic carbocycles. The zero-order valence-corrected chi connectivity index (χ0v) is 20.3. The Balaban J connectivity index is 1.29. The van der Waals surface area contributed by atoms with Crippen molar-refractivity contribution in [2.24, 2.45) is 0 Å². The average molecular weight is 505 g/mol. The SMILES string of the molecule is OC(CNCc1ccccc1Cl)COc1ccc(OCC(O)CNCc2ccccc2Cl)cc1. The van der Waals surface area contributed by atoms with Gasteiger partial charge in [-0.15, -0.1) is 0 Å². The molecule has 6 nitrogen and oxygen atoms in total. The second-order valence-electron chi connectivity index (χ2n) is 7.85. The maximum absolute atomic E-state index is 10.1. The molecule has 0 fully saturated rings. The number of aliphatic hydroxyl groups is 2. The van der Waals surface area contributed by atoms with E-state index in [1.807, 2.05) is 48.5 Å². The highest BCUT2D eigenvalue weighted by Crippen LogP contribution is 2.18. The first-order valence-corrected chi connectivity index (χ1v) is 11.9. The van der Waals surface area contributed by atoms with Crippen LogP contribution in [0, 0.1) is 0 Å². The summed E-state index contributed by atoms with van der Waals surface area (Å²) >= 11 is 12.2. The number of nitrogens with one attached hydrogen (secondary N) is 2. The van der Waals surface area contributed by atoms with Gasteiger partial charge in [-0.2, -0.15) is 0 Å². The maximum atomic E-state index is 10.1. The Hall–Kier alpha value is -2.32. The second-order valence-corrected chi connectivity index (χ2v) is 8.66. The van der Waals surface area contributed by atoms with Crippen LogP contribution in [0.1, 0.15) is 11.1 Å². The van der Waals surface area contributed by atoms with Crippen molar-refractivity contribution in [3.05, 3.63) is 94.0 Å². The van der Waals surface area contributed by atoms with E-state index in [1.54, 1.807) is 24.3 Å². The van der Waals surface area contributed by atoms with Gasteiger partial charge < -0.3 is 30.3 Å². The fourth-order valence-electron chi connectivity index (χ4n) is 3.17. The lowest BCUT2D eigenvalue weighted by atomic mass is 10.2. The second kappa shape index (κ2) is 14.2. The maximum Gasteiger partial charge on any atom is 0.119 e. The van der Waals surface area contributed by atoms with E-state index in [9.17, 15) is 10.2 Å². The molecule has 2 atom stereocenters. The third-order valence-corrected chi connectivity index (χ3v) is 5.75. The molecule has 0 aliphatic rings. The molecular formula is C26H30Cl2N2O4. The van der Waals surface area contributed by atoms with Crippen LogP contribution in [0.25, 0.3) is 0 Å². The zero-order valence-electron chi connectivity index (χ0n) is 18.8. The molecule has 0 bridgehead atoms. The number of benzene rings is 3. The molecule has 0 amide bonds. The number of ether oxygens (including phenoxy) is 2. The minimum Gasteiger partial charge on any atom is -0.491 e. The van der Waals surface area contributed by atoms with Gasteiger partial charge in [0.15, 0.2) is 0 Å². The van der Waals surface area contributed by atoms with Crippen molar-refractivity contribution < 1.29 is 19.7 Å². The van der Waals surface area contributed by atoms with Crippen LogP contribution in [-0.2, 0) is 13.1 Å². The minimum atomic E-state index is -0.660. The first-order chi connectivity index (χ1) is 16.5. The number of rotatable bonds is 14. The molecular weight excluding hydrogens is 475 g/mol. The molecule has 0 heterocycles. The van der Waals surface area contributed by atoms with Crippen molar-refractivity contribution in [2.75, 3.05) is 26.3 Å². The average Bonchev–Trinajstić information content (AvgIpc) is 2.84. The quantitative estimate of drug-likeness (QED) is 0.265. The highest BCUT2D eigenvalue weighted by Gasteiger charge is 2.08. The van der Waals surface area contributed by atoms with E-state index >= 15 is 0 Å². The lowest BCUT2D eigenvalue weighted by Gasteiger charge is -2.15. The molecule has 34 heavy (non-hydrogen) atoms. The van der Waals surface area contributed by atoms with Crippen LogP contribution in [0.15, 0.2) is 72.8 Å². The van der Waals surface area contributed by atoms with E-state index in [4.69, 9.17) is 32.7 Å². The summed E-state index contributed by atoms with van der Waals surface area (Å²) in [5.74, 6) is 1.25. The molecule has 4 N–H and O–H groups in total. The standard InChI is InChI=1S/C26H30Cl2N2O4/c27-25-7-3-1-5-19(25)13-29-15-21(31)17-33-23-9-11-24(12-10-23)34-18-22(32)16-30-14-20-6-2-4-8-26(20)28/h1-12,21-22,29-32H,13-18H2. The molecule has 3 rings (SSSR count). The molecule has 0 aliphatic heterocycles. The fourth-order valence-corrected chi connectivity index (χ4v) is 3.57. The summed E-state index contributed by atoms with van der Waals surface area (Å²) < 4.78 is 11.3. The summed E-state index contributed by atoms with van der Waals surface area (Å²) in [6.07, 6.45) is -1.32. The molecule has 0 saturated carbocycles. The molecule has 182 valence electrons. The predicted octanol–water partition coefficient (Wildman–Crippen LogP) is 4.05. The molecule has 8 heteroatoms. The van der Waals surface area contributed by atoms with Gasteiger partial charge >= 0.3 is 0 Å². The van der Waals surface area contributed by atoms with E-state index in [0.717, 1.165) is 11.1 Å². The number of hydrogen-bond acceptors (Lipinski definition) is 6. The van der Waals surface area contributed by atoms with Crippen LogP contribution in [-0.4, -0.2) is 48.7 Å². The summed E-state index contributed by atoms with van der Waals surface area (Å²) in [6.45, 7) is 2.23. The van der Waals surface area contributed by atoms with Crippen molar-refractivity contribution in [3.63, 3.8) is 0 Å². The summed E-state index contributed by atoms with van der Waals surface area (Å²) in [6, 6.07) is 22.2. The summed E-state index contributed by atoms with van der Waals surface area (Å²) in [5, 5.41) is 28.0. The van der Waals surface area contributed by atoms with Gasteiger partial charge in [-0.1, -0.05) is 59.6 Å². The zero-order chi connectivity index (χ0) is 24.2. The van der Waals surface area contributed by atoms with E-state index in [-0.39, 0.29) is 13.2 Å². The fraction of sp³-hybridized carbons (Fsp3) is 0.308. The normalized spacial score (nSPS) is 12.8. The molecule has 3 aromatic carbocycles. The summed E-state index contributed by atoms with van der Waals surface area (Å²) in [5.41, 5.74) is 1.96. The van der Waals surface area contributed by atoms with Gasteiger partial charge in [-0.3, -0.25) is 0 Å². The van der Waals surface area contributed by atoms with Gasteiger partial charge in [-0.05, 0) is 47.5 Å². The number of aliphatic hydroxyl groups excluding tert-OH is 2. The third-order valence-electron chi connectivity index (χ3n) is 5.02. The third kappa shape index (κ3) is 9.14. The van der Waals surface area contributed by atoms with Crippen LogP contribution >= 0.6 is 23.2 Å².